The van der Waals surface area contributed by atoms with Crippen LogP contribution in [0.5, 0.6) is 0 Å². The molecule has 0 aliphatic heterocycles. The van der Waals surface area contributed by atoms with E-state index in [0.717, 1.165) is 12.1 Å². The summed E-state index contributed by atoms with van der Waals surface area (Å²) in [6.45, 7) is 0. The Morgan fingerprint density at radius 1 is 1.10 bits per heavy atom. The molecule has 6 heteroatoms. The van der Waals surface area contributed by atoms with Gasteiger partial charge in [-0.1, -0.05) is 18.2 Å². The lowest BCUT2D eigenvalue weighted by molar-refractivity contribution is -0.137. The van der Waals surface area contributed by atoms with Crippen LogP contribution in [0, 0.1) is 5.82 Å². The van der Waals surface area contributed by atoms with E-state index in [0.29, 0.717) is 6.20 Å². The van der Waals surface area contributed by atoms with E-state index < -0.39 is 23.3 Å². The Hall–Kier alpha value is -2.24. The number of carbonyl (C=O) groups is 1. The molecule has 2 aromatic rings. The number of alkyl halides is 3. The van der Waals surface area contributed by atoms with E-state index in [1.807, 2.05) is 0 Å². The number of ketones is 1. The van der Waals surface area contributed by atoms with Crippen molar-refractivity contribution in [2.24, 2.45) is 0 Å². The minimum absolute atomic E-state index is 0.124. The van der Waals surface area contributed by atoms with Gasteiger partial charge in [0.25, 0.3) is 0 Å². The monoisotopic (exact) mass is 283 g/mol. The number of benzene rings is 1. The normalized spacial score (nSPS) is 11.4. The van der Waals surface area contributed by atoms with Crippen LogP contribution in [0.3, 0.4) is 0 Å². The molecular weight excluding hydrogens is 274 g/mol. The maximum absolute atomic E-state index is 13.4. The first-order valence-corrected chi connectivity index (χ1v) is 5.68. The molecule has 0 saturated heterocycles. The summed E-state index contributed by atoms with van der Waals surface area (Å²) < 4.78 is 50.4. The van der Waals surface area contributed by atoms with Crippen LogP contribution in [0.15, 0.2) is 42.6 Å². The first-order chi connectivity index (χ1) is 9.38. The molecule has 0 saturated carbocycles. The summed E-state index contributed by atoms with van der Waals surface area (Å²) in [7, 11) is 0. The van der Waals surface area contributed by atoms with Crippen molar-refractivity contribution in [2.75, 3.05) is 0 Å². The maximum Gasteiger partial charge on any atom is 0.417 e. The largest absolute Gasteiger partial charge is 0.417 e. The number of rotatable bonds is 3. The summed E-state index contributed by atoms with van der Waals surface area (Å²) in [5.41, 5.74) is -0.875. The predicted molar refractivity (Wildman–Crippen MR) is 63.7 cm³/mol. The third-order valence-electron chi connectivity index (χ3n) is 2.69. The van der Waals surface area contributed by atoms with E-state index in [2.05, 4.69) is 4.98 Å². The molecule has 2 nitrogen and oxygen atoms in total. The molecule has 1 aromatic carbocycles. The number of aromatic nitrogens is 1. The highest BCUT2D eigenvalue weighted by molar-refractivity contribution is 5.95. The fourth-order valence-electron chi connectivity index (χ4n) is 1.63. The molecule has 0 fully saturated rings. The lowest BCUT2D eigenvalue weighted by atomic mass is 10.1. The van der Waals surface area contributed by atoms with Crippen LogP contribution in [0.4, 0.5) is 17.6 Å². The molecule has 20 heavy (non-hydrogen) atoms. The Labute approximate surface area is 112 Å². The zero-order valence-electron chi connectivity index (χ0n) is 10.1. The molecule has 0 unspecified atom stereocenters. The van der Waals surface area contributed by atoms with Gasteiger partial charge in [-0.25, -0.2) is 4.39 Å². The Morgan fingerprint density at radius 3 is 2.35 bits per heavy atom. The first kappa shape index (κ1) is 14.2. The van der Waals surface area contributed by atoms with Crippen LogP contribution in [0.25, 0.3) is 0 Å². The van der Waals surface area contributed by atoms with Crippen LogP contribution in [-0.2, 0) is 12.6 Å². The fourth-order valence-corrected chi connectivity index (χ4v) is 1.63. The van der Waals surface area contributed by atoms with Crippen LogP contribution < -0.4 is 0 Å². The van der Waals surface area contributed by atoms with Gasteiger partial charge in [0.05, 0.1) is 5.56 Å². The molecule has 0 amide bonds. The van der Waals surface area contributed by atoms with Gasteiger partial charge in [-0.15, -0.1) is 0 Å². The standard InChI is InChI=1S/C14H9F4NO/c15-11-4-2-1-3-9(11)7-13(20)12-6-5-10(8-19-12)14(16,17)18/h1-6,8H,7H2. The second-order valence-electron chi connectivity index (χ2n) is 4.12. The quantitative estimate of drug-likeness (QED) is 0.635. The lowest BCUT2D eigenvalue weighted by Gasteiger charge is -2.06. The highest BCUT2D eigenvalue weighted by Crippen LogP contribution is 2.28. The smallest absolute Gasteiger partial charge is 0.292 e. The van der Waals surface area contributed by atoms with Gasteiger partial charge in [-0.2, -0.15) is 13.2 Å². The van der Waals surface area contributed by atoms with Crippen molar-refractivity contribution in [2.45, 2.75) is 12.6 Å². The van der Waals surface area contributed by atoms with Crippen molar-refractivity contribution in [3.63, 3.8) is 0 Å². The zero-order chi connectivity index (χ0) is 14.8. The molecule has 104 valence electrons. The predicted octanol–water partition coefficient (Wildman–Crippen LogP) is 3.66. The molecular formula is C14H9F4NO. The maximum atomic E-state index is 13.4. The van der Waals surface area contributed by atoms with Crippen molar-refractivity contribution in [1.82, 2.24) is 4.98 Å². The molecule has 0 aliphatic rings. The Morgan fingerprint density at radius 2 is 1.80 bits per heavy atom. The number of hydrogen-bond acceptors (Lipinski definition) is 2. The molecule has 1 aromatic heterocycles. The van der Waals surface area contributed by atoms with Gasteiger partial charge in [0.2, 0.25) is 0 Å². The average Bonchev–Trinajstić information content (AvgIpc) is 2.40. The minimum Gasteiger partial charge on any atom is -0.292 e. The van der Waals surface area contributed by atoms with Crippen molar-refractivity contribution < 1.29 is 22.4 Å². The Bertz CT molecular complexity index is 620. The van der Waals surface area contributed by atoms with E-state index in [9.17, 15) is 22.4 Å². The van der Waals surface area contributed by atoms with Crippen LogP contribution in [0.1, 0.15) is 21.6 Å². The summed E-state index contributed by atoms with van der Waals surface area (Å²) in [6.07, 6.45) is -4.15. The lowest BCUT2D eigenvalue weighted by Crippen LogP contribution is -2.10. The van der Waals surface area contributed by atoms with Crippen molar-refractivity contribution in [1.29, 1.82) is 0 Å². The Kier molecular flexibility index (Phi) is 3.83. The molecule has 0 N–H and O–H groups in total. The van der Waals surface area contributed by atoms with E-state index in [1.54, 1.807) is 6.07 Å². The summed E-state index contributed by atoms with van der Waals surface area (Å²) in [6, 6.07) is 7.49. The highest BCUT2D eigenvalue weighted by Gasteiger charge is 2.30. The number of carbonyl (C=O) groups excluding carboxylic acids is 1. The molecule has 1 heterocycles. The number of halogens is 4. The average molecular weight is 283 g/mol. The van der Waals surface area contributed by atoms with Crippen molar-refractivity contribution >= 4 is 5.78 Å². The molecule has 0 aliphatic carbocycles. The van der Waals surface area contributed by atoms with Gasteiger partial charge in [0, 0.05) is 12.6 Å². The number of pyridine rings is 1. The molecule has 0 radical (unpaired) electrons. The van der Waals surface area contributed by atoms with E-state index >= 15 is 0 Å². The summed E-state index contributed by atoms with van der Waals surface area (Å²) in [4.78, 5) is 15.3. The van der Waals surface area contributed by atoms with Gasteiger partial charge >= 0.3 is 6.18 Å². The summed E-state index contributed by atoms with van der Waals surface area (Å²) >= 11 is 0. The first-order valence-electron chi connectivity index (χ1n) is 5.68. The molecule has 2 rings (SSSR count). The van der Waals surface area contributed by atoms with E-state index in [4.69, 9.17) is 0 Å². The minimum atomic E-state index is -4.50. The SMILES string of the molecule is O=C(Cc1ccccc1F)c1ccc(C(F)(F)F)cn1. The second-order valence-corrected chi connectivity index (χ2v) is 4.12. The van der Waals surface area contributed by atoms with Gasteiger partial charge in [0.1, 0.15) is 11.5 Å². The van der Waals surface area contributed by atoms with Crippen LogP contribution in [0.2, 0.25) is 0 Å². The number of Topliss-reactive ketones (excluding diaryl/α,β-unsaturated/α-hetero) is 1. The third-order valence-corrected chi connectivity index (χ3v) is 2.69. The van der Waals surface area contributed by atoms with Crippen LogP contribution >= 0.6 is 0 Å². The molecule has 0 bridgehead atoms. The fraction of sp³-hybridized carbons (Fsp3) is 0.143. The van der Waals surface area contributed by atoms with E-state index in [1.165, 1.54) is 18.2 Å². The highest BCUT2D eigenvalue weighted by atomic mass is 19.4. The van der Waals surface area contributed by atoms with Crippen LogP contribution in [-0.4, -0.2) is 10.8 Å². The second kappa shape index (κ2) is 5.40. The molecule has 0 spiro atoms. The topological polar surface area (TPSA) is 30.0 Å². The van der Waals surface area contributed by atoms with Crippen molar-refractivity contribution in [3.05, 3.63) is 65.2 Å². The number of nitrogens with zero attached hydrogens (tertiary/aromatic N) is 1. The van der Waals surface area contributed by atoms with E-state index in [-0.39, 0.29) is 17.7 Å². The van der Waals surface area contributed by atoms with Gasteiger partial charge < -0.3 is 0 Å². The van der Waals surface area contributed by atoms with Gasteiger partial charge in [0.15, 0.2) is 5.78 Å². The molecule has 0 atom stereocenters. The van der Waals surface area contributed by atoms with Gasteiger partial charge in [-0.05, 0) is 23.8 Å². The zero-order valence-corrected chi connectivity index (χ0v) is 10.1. The third kappa shape index (κ3) is 3.20. The summed E-state index contributed by atoms with van der Waals surface area (Å²) in [5.74, 6) is -1.07. The summed E-state index contributed by atoms with van der Waals surface area (Å²) in [5, 5.41) is 0. The number of hydrogen-bond donors (Lipinski definition) is 0. The van der Waals surface area contributed by atoms with Crippen molar-refractivity contribution in [3.8, 4) is 0 Å². The van der Waals surface area contributed by atoms with Gasteiger partial charge in [-0.3, -0.25) is 9.78 Å². The Balaban J connectivity index is 2.16.